The maximum absolute atomic E-state index is 12.7. The molecule has 166 valence electrons. The second-order valence-corrected chi connectivity index (χ2v) is 8.49. The number of nitrogens with one attached hydrogen (secondary N) is 1. The zero-order valence-corrected chi connectivity index (χ0v) is 18.9. The fraction of sp³-hybridized carbons (Fsp3) is 0.207. The van der Waals surface area contributed by atoms with Gasteiger partial charge in [-0.3, -0.25) is 4.79 Å². The first kappa shape index (κ1) is 21.1. The lowest BCUT2D eigenvalue weighted by Gasteiger charge is -2.18. The van der Waals surface area contributed by atoms with Gasteiger partial charge in [-0.05, 0) is 84.8 Å². The Labute approximate surface area is 194 Å². The molecule has 0 spiro atoms. The third-order valence-corrected chi connectivity index (χ3v) is 6.37. The summed E-state index contributed by atoms with van der Waals surface area (Å²) < 4.78 is 7.57. The first-order chi connectivity index (χ1) is 16.2. The van der Waals surface area contributed by atoms with Crippen molar-refractivity contribution in [1.82, 2.24) is 9.88 Å². The minimum Gasteiger partial charge on any atom is -0.497 e. The molecule has 3 aromatic carbocycles. The Morgan fingerprint density at radius 2 is 1.64 bits per heavy atom. The van der Waals surface area contributed by atoms with Gasteiger partial charge in [0.2, 0.25) is 0 Å². The summed E-state index contributed by atoms with van der Waals surface area (Å²) in [4.78, 5) is 12.7. The molecule has 1 N–H and O–H groups in total. The van der Waals surface area contributed by atoms with Gasteiger partial charge in [-0.1, -0.05) is 42.5 Å². The number of aryl methyl sites for hydroxylation is 1. The molecule has 0 bridgehead atoms. The van der Waals surface area contributed by atoms with Crippen LogP contribution in [0.25, 0.3) is 16.9 Å². The van der Waals surface area contributed by atoms with Crippen LogP contribution in [0.15, 0.2) is 84.9 Å². The van der Waals surface area contributed by atoms with E-state index in [4.69, 9.17) is 4.74 Å². The molecule has 4 heteroatoms. The number of rotatable bonds is 6. The van der Waals surface area contributed by atoms with Gasteiger partial charge in [0, 0.05) is 23.5 Å². The van der Waals surface area contributed by atoms with Gasteiger partial charge in [0.1, 0.15) is 5.75 Å². The van der Waals surface area contributed by atoms with E-state index in [9.17, 15) is 4.79 Å². The van der Waals surface area contributed by atoms with E-state index in [0.29, 0.717) is 12.1 Å². The Balaban J connectivity index is 1.38. The average Bonchev–Trinajstić information content (AvgIpc) is 3.28. The van der Waals surface area contributed by atoms with Gasteiger partial charge in [0.25, 0.3) is 5.91 Å². The second-order valence-electron chi connectivity index (χ2n) is 8.49. The van der Waals surface area contributed by atoms with Crippen LogP contribution < -0.4 is 10.1 Å². The number of carbonyl (C=O) groups excluding carboxylic acids is 1. The van der Waals surface area contributed by atoms with Gasteiger partial charge >= 0.3 is 0 Å². The van der Waals surface area contributed by atoms with Crippen molar-refractivity contribution >= 4 is 5.91 Å². The number of aromatic nitrogens is 1. The van der Waals surface area contributed by atoms with Crippen LogP contribution in [-0.4, -0.2) is 17.6 Å². The van der Waals surface area contributed by atoms with E-state index in [1.165, 1.54) is 35.4 Å². The van der Waals surface area contributed by atoms with Gasteiger partial charge in [-0.25, -0.2) is 0 Å². The third-order valence-electron chi connectivity index (χ3n) is 6.37. The van der Waals surface area contributed by atoms with Crippen LogP contribution in [0.3, 0.4) is 0 Å². The molecule has 1 aromatic heterocycles. The van der Waals surface area contributed by atoms with Crippen molar-refractivity contribution in [3.05, 3.63) is 107 Å². The van der Waals surface area contributed by atoms with Crippen molar-refractivity contribution in [3.63, 3.8) is 0 Å². The van der Waals surface area contributed by atoms with Crippen molar-refractivity contribution in [2.75, 3.05) is 7.11 Å². The van der Waals surface area contributed by atoms with Crippen LogP contribution in [-0.2, 0) is 19.4 Å². The van der Waals surface area contributed by atoms with E-state index >= 15 is 0 Å². The molecular weight excluding hydrogens is 408 g/mol. The summed E-state index contributed by atoms with van der Waals surface area (Å²) in [6.45, 7) is 0.480. The third kappa shape index (κ3) is 4.42. The normalized spacial score (nSPS) is 12.8. The van der Waals surface area contributed by atoms with Crippen LogP contribution in [0.5, 0.6) is 5.75 Å². The molecule has 0 fully saturated rings. The Hall–Kier alpha value is -3.79. The number of hydrogen-bond donors (Lipinski definition) is 1. The Kier molecular flexibility index (Phi) is 5.99. The average molecular weight is 437 g/mol. The monoisotopic (exact) mass is 436 g/mol. The van der Waals surface area contributed by atoms with Crippen molar-refractivity contribution in [2.24, 2.45) is 0 Å². The molecule has 0 unspecified atom stereocenters. The number of ether oxygens (including phenoxy) is 1. The fourth-order valence-corrected chi connectivity index (χ4v) is 4.60. The van der Waals surface area contributed by atoms with Gasteiger partial charge in [0.05, 0.1) is 12.8 Å². The number of benzene rings is 3. The second kappa shape index (κ2) is 9.37. The minimum atomic E-state index is -0.0739. The van der Waals surface area contributed by atoms with Crippen LogP contribution >= 0.6 is 0 Å². The molecule has 1 heterocycles. The molecule has 1 amide bonds. The number of nitrogens with zero attached hydrogens (tertiary/aromatic N) is 1. The topological polar surface area (TPSA) is 43.3 Å². The van der Waals surface area contributed by atoms with Crippen molar-refractivity contribution in [3.8, 4) is 22.7 Å². The molecule has 0 saturated carbocycles. The molecule has 33 heavy (non-hydrogen) atoms. The summed E-state index contributed by atoms with van der Waals surface area (Å²) in [7, 11) is 1.65. The summed E-state index contributed by atoms with van der Waals surface area (Å²) in [5.74, 6) is 0.734. The number of hydrogen-bond acceptors (Lipinski definition) is 2. The molecule has 0 saturated heterocycles. The molecular formula is C29H28N2O2. The van der Waals surface area contributed by atoms with Crippen LogP contribution in [0, 0.1) is 0 Å². The fourth-order valence-electron chi connectivity index (χ4n) is 4.60. The maximum atomic E-state index is 12.7. The van der Waals surface area contributed by atoms with E-state index < -0.39 is 0 Å². The van der Waals surface area contributed by atoms with Crippen LogP contribution in [0.1, 0.15) is 40.0 Å². The van der Waals surface area contributed by atoms with Crippen molar-refractivity contribution in [1.29, 1.82) is 0 Å². The zero-order chi connectivity index (χ0) is 22.6. The van der Waals surface area contributed by atoms with E-state index in [-0.39, 0.29) is 5.91 Å². The van der Waals surface area contributed by atoms with E-state index in [1.54, 1.807) is 7.11 Å². The molecule has 5 rings (SSSR count). The summed E-state index contributed by atoms with van der Waals surface area (Å²) in [6.07, 6.45) is 4.69. The minimum absolute atomic E-state index is 0.0739. The quantitative estimate of drug-likeness (QED) is 0.405. The first-order valence-electron chi connectivity index (χ1n) is 11.5. The van der Waals surface area contributed by atoms with Gasteiger partial charge in [0.15, 0.2) is 0 Å². The lowest BCUT2D eigenvalue weighted by molar-refractivity contribution is 0.0951. The predicted molar refractivity (Wildman–Crippen MR) is 132 cm³/mol. The van der Waals surface area contributed by atoms with Crippen molar-refractivity contribution in [2.45, 2.75) is 32.2 Å². The molecule has 4 aromatic rings. The van der Waals surface area contributed by atoms with Crippen molar-refractivity contribution < 1.29 is 9.53 Å². The van der Waals surface area contributed by atoms with E-state index in [0.717, 1.165) is 29.8 Å². The first-order valence-corrected chi connectivity index (χ1v) is 11.5. The molecule has 0 aliphatic heterocycles. The smallest absolute Gasteiger partial charge is 0.251 e. The Morgan fingerprint density at radius 3 is 2.36 bits per heavy atom. The molecule has 0 radical (unpaired) electrons. The van der Waals surface area contributed by atoms with Gasteiger partial charge < -0.3 is 14.6 Å². The maximum Gasteiger partial charge on any atom is 0.251 e. The Bertz CT molecular complexity index is 1240. The highest BCUT2D eigenvalue weighted by Crippen LogP contribution is 2.33. The predicted octanol–water partition coefficient (Wildman–Crippen LogP) is 5.96. The van der Waals surface area contributed by atoms with Gasteiger partial charge in [-0.15, -0.1) is 0 Å². The van der Waals surface area contributed by atoms with Crippen LogP contribution in [0.2, 0.25) is 0 Å². The number of fused-ring (bicyclic) bond motifs is 1. The summed E-state index contributed by atoms with van der Waals surface area (Å²) >= 11 is 0. The summed E-state index contributed by atoms with van der Waals surface area (Å²) in [5.41, 5.74) is 8.08. The van der Waals surface area contributed by atoms with E-state index in [2.05, 4.69) is 58.4 Å². The number of carbonyl (C=O) groups is 1. The summed E-state index contributed by atoms with van der Waals surface area (Å²) in [6, 6.07) is 28.6. The Morgan fingerprint density at radius 1 is 0.909 bits per heavy atom. The van der Waals surface area contributed by atoms with Gasteiger partial charge in [-0.2, -0.15) is 0 Å². The SMILES string of the molecule is COc1ccc(CNC(=O)c2ccc(-n3c(-c4ccccc4)cc4c3CCCC4)cc2)cc1. The molecule has 1 aliphatic carbocycles. The highest BCUT2D eigenvalue weighted by molar-refractivity contribution is 5.94. The van der Waals surface area contributed by atoms with Crippen LogP contribution in [0.4, 0.5) is 0 Å². The number of amides is 1. The summed E-state index contributed by atoms with van der Waals surface area (Å²) in [5, 5.41) is 3.01. The standard InChI is InChI=1S/C29H28N2O2/c1-33-26-17-11-21(12-18-26)20-30-29(32)23-13-15-25(16-14-23)31-27-10-6-5-9-24(27)19-28(31)22-7-3-2-4-8-22/h2-4,7-8,11-19H,5-6,9-10,20H2,1H3,(H,30,32). The zero-order valence-electron chi connectivity index (χ0n) is 18.9. The lowest BCUT2D eigenvalue weighted by Crippen LogP contribution is -2.22. The lowest BCUT2D eigenvalue weighted by atomic mass is 9.98. The molecule has 0 atom stereocenters. The highest BCUT2D eigenvalue weighted by Gasteiger charge is 2.20. The largest absolute Gasteiger partial charge is 0.497 e. The molecule has 4 nitrogen and oxygen atoms in total. The molecule has 1 aliphatic rings. The highest BCUT2D eigenvalue weighted by atomic mass is 16.5. The number of methoxy groups -OCH3 is 1. The van der Waals surface area contributed by atoms with E-state index in [1.807, 2.05) is 36.4 Å².